The zero-order valence-electron chi connectivity index (χ0n) is 13.8. The summed E-state index contributed by atoms with van der Waals surface area (Å²) >= 11 is 1.21. The van der Waals surface area contributed by atoms with E-state index < -0.39 is 29.2 Å². The van der Waals surface area contributed by atoms with E-state index in [2.05, 4.69) is 10.3 Å². The Hall–Kier alpha value is -2.72. The Labute approximate surface area is 151 Å². The van der Waals surface area contributed by atoms with E-state index in [0.717, 1.165) is 0 Å². The molecule has 26 heavy (non-hydrogen) atoms. The zero-order valence-corrected chi connectivity index (χ0v) is 14.7. The minimum atomic E-state index is -0.886. The molecule has 2 atom stereocenters. The van der Waals surface area contributed by atoms with Gasteiger partial charge in [-0.05, 0) is 13.3 Å². The summed E-state index contributed by atoms with van der Waals surface area (Å²) < 4.78 is 7.06. The van der Waals surface area contributed by atoms with Gasteiger partial charge in [0.1, 0.15) is 5.56 Å². The normalized spacial score (nSPS) is 21.9. The first-order valence-corrected chi connectivity index (χ1v) is 8.97. The zero-order chi connectivity index (χ0) is 18.4. The van der Waals surface area contributed by atoms with E-state index >= 15 is 0 Å². The number of fused-ring (bicyclic) bond motifs is 2. The summed E-state index contributed by atoms with van der Waals surface area (Å²) in [5, 5.41) is 14.9. The molecule has 2 aromatic rings. The molecule has 4 rings (SSSR count). The molecule has 0 bridgehead atoms. The van der Waals surface area contributed by atoms with Crippen LogP contribution in [0.25, 0.3) is 0 Å². The number of amides is 2. The third kappa shape index (κ3) is 2.58. The van der Waals surface area contributed by atoms with E-state index in [1.165, 1.54) is 33.2 Å². The Bertz CT molecular complexity index is 939. The standard InChI is InChI=1S/C16H16N4O5S/c1-8-2-4-25-10-7-19-6-9(14(23)18-16-17-3-5-26-16)12(21)13(22)11(19)15(24)20(8)10/h3,5-6,8,10,22H,2,4,7H2,1H3,(H,17,18,23)/t8-,10+/m1/s1. The number of nitrogens with one attached hydrogen (secondary N) is 1. The molecular formula is C16H16N4O5S. The molecule has 1 saturated heterocycles. The predicted octanol–water partition coefficient (Wildman–Crippen LogP) is 0.853. The molecule has 0 unspecified atom stereocenters. The summed E-state index contributed by atoms with van der Waals surface area (Å²) in [6.07, 6.45) is 3.00. The third-order valence-electron chi connectivity index (χ3n) is 4.57. The quantitative estimate of drug-likeness (QED) is 0.803. The van der Waals surface area contributed by atoms with Crippen molar-refractivity contribution >= 4 is 28.3 Å². The summed E-state index contributed by atoms with van der Waals surface area (Å²) in [6.45, 7) is 2.65. The highest BCUT2D eigenvalue weighted by atomic mass is 32.1. The van der Waals surface area contributed by atoms with Crippen LogP contribution in [0, 0.1) is 0 Å². The fourth-order valence-electron chi connectivity index (χ4n) is 3.27. The molecule has 1 fully saturated rings. The molecule has 0 radical (unpaired) electrons. The minimum Gasteiger partial charge on any atom is -0.503 e. The Balaban J connectivity index is 1.75. The van der Waals surface area contributed by atoms with Gasteiger partial charge in [-0.1, -0.05) is 0 Å². The first-order chi connectivity index (χ1) is 12.5. The van der Waals surface area contributed by atoms with Gasteiger partial charge in [-0.3, -0.25) is 19.7 Å². The molecular weight excluding hydrogens is 360 g/mol. The second-order valence-corrected chi connectivity index (χ2v) is 7.08. The molecule has 2 aliphatic rings. The fraction of sp³-hybridized carbons (Fsp3) is 0.375. The Morgan fingerprint density at radius 3 is 3.00 bits per heavy atom. The highest BCUT2D eigenvalue weighted by molar-refractivity contribution is 7.13. The number of pyridine rings is 1. The van der Waals surface area contributed by atoms with Gasteiger partial charge in [-0.2, -0.15) is 0 Å². The maximum absolute atomic E-state index is 12.8. The summed E-state index contributed by atoms with van der Waals surface area (Å²) in [7, 11) is 0. The largest absolute Gasteiger partial charge is 0.503 e. The molecule has 2 N–H and O–H groups in total. The number of rotatable bonds is 2. The van der Waals surface area contributed by atoms with E-state index in [1.807, 2.05) is 6.92 Å². The second kappa shape index (κ2) is 6.22. The summed E-state index contributed by atoms with van der Waals surface area (Å²) in [4.78, 5) is 43.1. The van der Waals surface area contributed by atoms with Crippen LogP contribution in [0.2, 0.25) is 0 Å². The van der Waals surface area contributed by atoms with Crippen LogP contribution in [-0.4, -0.2) is 50.2 Å². The van der Waals surface area contributed by atoms with Gasteiger partial charge in [-0.15, -0.1) is 11.3 Å². The Morgan fingerprint density at radius 1 is 1.46 bits per heavy atom. The van der Waals surface area contributed by atoms with Crippen molar-refractivity contribution in [3.05, 3.63) is 39.3 Å². The van der Waals surface area contributed by atoms with Crippen molar-refractivity contribution in [3.8, 4) is 5.75 Å². The molecule has 10 heteroatoms. The molecule has 0 aliphatic carbocycles. The predicted molar refractivity (Wildman–Crippen MR) is 92.4 cm³/mol. The highest BCUT2D eigenvalue weighted by Gasteiger charge is 2.41. The topological polar surface area (TPSA) is 114 Å². The van der Waals surface area contributed by atoms with Crippen LogP contribution in [0.3, 0.4) is 0 Å². The second-order valence-electron chi connectivity index (χ2n) is 6.19. The van der Waals surface area contributed by atoms with Gasteiger partial charge in [0.15, 0.2) is 22.8 Å². The summed E-state index contributed by atoms with van der Waals surface area (Å²) in [5.41, 5.74) is -1.26. The van der Waals surface area contributed by atoms with Gasteiger partial charge in [0.05, 0.1) is 13.2 Å². The van der Waals surface area contributed by atoms with Gasteiger partial charge in [-0.25, -0.2) is 4.98 Å². The van der Waals surface area contributed by atoms with Crippen molar-refractivity contribution in [1.82, 2.24) is 14.5 Å². The lowest BCUT2D eigenvalue weighted by atomic mass is 10.1. The molecule has 2 aliphatic heterocycles. The van der Waals surface area contributed by atoms with Crippen molar-refractivity contribution in [2.45, 2.75) is 32.2 Å². The van der Waals surface area contributed by atoms with Crippen molar-refractivity contribution in [3.63, 3.8) is 0 Å². The molecule has 0 saturated carbocycles. The number of aromatic nitrogens is 2. The smallest absolute Gasteiger partial charge is 0.276 e. The summed E-state index contributed by atoms with van der Waals surface area (Å²) in [6, 6.07) is -0.0580. The Morgan fingerprint density at radius 2 is 2.27 bits per heavy atom. The number of carbonyl (C=O) groups excluding carboxylic acids is 2. The molecule has 2 amide bonds. The number of carbonyl (C=O) groups is 2. The van der Waals surface area contributed by atoms with Crippen molar-refractivity contribution in [1.29, 1.82) is 0 Å². The van der Waals surface area contributed by atoms with Crippen LogP contribution in [0.5, 0.6) is 5.75 Å². The van der Waals surface area contributed by atoms with E-state index in [4.69, 9.17) is 4.74 Å². The third-order valence-corrected chi connectivity index (χ3v) is 5.26. The molecule has 0 spiro atoms. The van der Waals surface area contributed by atoms with Crippen LogP contribution >= 0.6 is 11.3 Å². The van der Waals surface area contributed by atoms with Crippen LogP contribution in [-0.2, 0) is 11.3 Å². The van der Waals surface area contributed by atoms with Crippen molar-refractivity contribution in [2.75, 3.05) is 11.9 Å². The van der Waals surface area contributed by atoms with Gasteiger partial charge in [0.2, 0.25) is 5.43 Å². The molecule has 2 aromatic heterocycles. The van der Waals surface area contributed by atoms with Crippen LogP contribution in [0.1, 0.15) is 34.2 Å². The first-order valence-electron chi connectivity index (χ1n) is 8.09. The van der Waals surface area contributed by atoms with Gasteiger partial charge >= 0.3 is 0 Å². The Kier molecular flexibility index (Phi) is 4.00. The summed E-state index contributed by atoms with van der Waals surface area (Å²) in [5.74, 6) is -1.89. The van der Waals surface area contributed by atoms with Gasteiger partial charge < -0.3 is 19.3 Å². The molecule has 136 valence electrons. The van der Waals surface area contributed by atoms with Gasteiger partial charge in [0.25, 0.3) is 11.8 Å². The average molecular weight is 376 g/mol. The van der Waals surface area contributed by atoms with Crippen LogP contribution in [0.4, 0.5) is 5.13 Å². The average Bonchev–Trinajstić information content (AvgIpc) is 3.10. The number of nitrogens with zero attached hydrogens (tertiary/aromatic N) is 3. The number of aromatic hydroxyl groups is 1. The molecule has 9 nitrogen and oxygen atoms in total. The SMILES string of the molecule is C[C@@H]1CCO[C@H]2Cn3cc(C(=O)Nc4nccs4)c(=O)c(O)c3C(=O)N12. The van der Waals surface area contributed by atoms with Crippen molar-refractivity contribution < 1.29 is 19.4 Å². The van der Waals surface area contributed by atoms with Crippen LogP contribution < -0.4 is 10.7 Å². The number of ether oxygens (including phenoxy) is 1. The monoisotopic (exact) mass is 376 g/mol. The van der Waals surface area contributed by atoms with E-state index in [-0.39, 0.29) is 23.8 Å². The maximum Gasteiger partial charge on any atom is 0.276 e. The number of thiazole rings is 1. The lowest BCUT2D eigenvalue weighted by Crippen LogP contribution is -2.57. The van der Waals surface area contributed by atoms with Crippen molar-refractivity contribution in [2.24, 2.45) is 0 Å². The van der Waals surface area contributed by atoms with E-state index in [9.17, 15) is 19.5 Å². The minimum absolute atomic E-state index is 0.0580. The van der Waals surface area contributed by atoms with E-state index in [0.29, 0.717) is 18.2 Å². The lowest BCUT2D eigenvalue weighted by molar-refractivity contribution is -0.112. The van der Waals surface area contributed by atoms with E-state index in [1.54, 1.807) is 5.38 Å². The molecule has 0 aromatic carbocycles. The van der Waals surface area contributed by atoms with Crippen LogP contribution in [0.15, 0.2) is 22.6 Å². The first kappa shape index (κ1) is 16.7. The maximum atomic E-state index is 12.8. The molecule has 4 heterocycles. The van der Waals surface area contributed by atoms with Gasteiger partial charge in [0, 0.05) is 23.8 Å². The lowest BCUT2D eigenvalue weighted by Gasteiger charge is -2.44. The number of anilines is 1. The highest BCUT2D eigenvalue weighted by Crippen LogP contribution is 2.29. The fourth-order valence-corrected chi connectivity index (χ4v) is 3.79. The number of hydrogen-bond donors (Lipinski definition) is 2. The number of hydrogen-bond acceptors (Lipinski definition) is 7.